The van der Waals surface area contributed by atoms with Gasteiger partial charge in [0.25, 0.3) is 0 Å². The summed E-state index contributed by atoms with van der Waals surface area (Å²) in [5.74, 6) is 1.94. The number of ether oxygens (including phenoxy) is 2. The number of nitrogens with two attached hydrogens (primary N) is 1. The van der Waals surface area contributed by atoms with Gasteiger partial charge in [-0.25, -0.2) is 9.97 Å². The Morgan fingerprint density at radius 1 is 1.17 bits per heavy atom. The number of benzene rings is 1. The van der Waals surface area contributed by atoms with Crippen LogP contribution in [0.25, 0.3) is 0 Å². The average molecular weight is 245 g/mol. The van der Waals surface area contributed by atoms with Crippen LogP contribution in [0.1, 0.15) is 11.4 Å². The van der Waals surface area contributed by atoms with Crippen LogP contribution in [0.5, 0.6) is 11.5 Å². The lowest BCUT2D eigenvalue weighted by atomic mass is 10.2. The number of hydrogen-bond acceptors (Lipinski definition) is 5. The van der Waals surface area contributed by atoms with E-state index in [-0.39, 0.29) is 0 Å². The van der Waals surface area contributed by atoms with Crippen molar-refractivity contribution in [1.82, 2.24) is 9.97 Å². The molecule has 0 saturated carbocycles. The van der Waals surface area contributed by atoms with E-state index in [2.05, 4.69) is 9.97 Å². The Bertz CT molecular complexity index is 503. The van der Waals surface area contributed by atoms with Gasteiger partial charge in [-0.2, -0.15) is 0 Å². The maximum atomic E-state index is 5.65. The Balaban J connectivity index is 2.12. The molecule has 0 unspecified atom stereocenters. The first-order chi connectivity index (χ1) is 8.83. The average Bonchev–Trinajstić information content (AvgIpc) is 2.45. The first-order valence-electron chi connectivity index (χ1n) is 5.59. The van der Waals surface area contributed by atoms with E-state index in [1.54, 1.807) is 25.6 Å². The number of methoxy groups -OCH3 is 1. The van der Waals surface area contributed by atoms with Gasteiger partial charge in [0.15, 0.2) is 17.3 Å². The molecule has 5 heteroatoms. The van der Waals surface area contributed by atoms with Crippen LogP contribution in [0.4, 0.5) is 0 Å². The smallest absolute Gasteiger partial charge is 0.166 e. The van der Waals surface area contributed by atoms with Crippen molar-refractivity contribution in [2.45, 2.75) is 13.2 Å². The Morgan fingerprint density at radius 3 is 2.61 bits per heavy atom. The van der Waals surface area contributed by atoms with Crippen molar-refractivity contribution in [3.63, 3.8) is 0 Å². The second kappa shape index (κ2) is 5.97. The SMILES string of the molecule is COc1ccc(CN)cc1OCc1ncccn1. The number of hydrogen-bond donors (Lipinski definition) is 1. The van der Waals surface area contributed by atoms with Crippen LogP contribution in [0.15, 0.2) is 36.7 Å². The van der Waals surface area contributed by atoms with Gasteiger partial charge in [-0.3, -0.25) is 0 Å². The summed E-state index contributed by atoms with van der Waals surface area (Å²) in [6, 6.07) is 7.37. The zero-order valence-electron chi connectivity index (χ0n) is 10.2. The Labute approximate surface area is 106 Å². The summed E-state index contributed by atoms with van der Waals surface area (Å²) in [6.45, 7) is 0.757. The molecule has 2 N–H and O–H groups in total. The molecule has 0 aliphatic heterocycles. The second-order valence-electron chi connectivity index (χ2n) is 3.64. The summed E-state index contributed by atoms with van der Waals surface area (Å²) in [5, 5.41) is 0. The van der Waals surface area contributed by atoms with E-state index in [4.69, 9.17) is 15.2 Å². The minimum absolute atomic E-state index is 0.297. The highest BCUT2D eigenvalue weighted by atomic mass is 16.5. The van der Waals surface area contributed by atoms with E-state index in [9.17, 15) is 0 Å². The molecule has 0 aliphatic rings. The van der Waals surface area contributed by atoms with Crippen LogP contribution < -0.4 is 15.2 Å². The highest BCUT2D eigenvalue weighted by Gasteiger charge is 2.06. The van der Waals surface area contributed by atoms with Gasteiger partial charge in [0.2, 0.25) is 0 Å². The molecule has 94 valence electrons. The molecule has 0 amide bonds. The van der Waals surface area contributed by atoms with E-state index in [1.807, 2.05) is 18.2 Å². The first-order valence-corrected chi connectivity index (χ1v) is 5.59. The summed E-state index contributed by atoms with van der Waals surface area (Å²) >= 11 is 0. The highest BCUT2D eigenvalue weighted by molar-refractivity contribution is 5.42. The molecule has 5 nitrogen and oxygen atoms in total. The Morgan fingerprint density at radius 2 is 1.94 bits per heavy atom. The molecular formula is C13H15N3O2. The highest BCUT2D eigenvalue weighted by Crippen LogP contribution is 2.28. The summed E-state index contributed by atoms with van der Waals surface area (Å²) in [5.41, 5.74) is 6.58. The third kappa shape index (κ3) is 2.95. The topological polar surface area (TPSA) is 70.3 Å². The lowest BCUT2D eigenvalue weighted by molar-refractivity contribution is 0.276. The van der Waals surface area contributed by atoms with Crippen LogP contribution in [0.3, 0.4) is 0 Å². The number of aromatic nitrogens is 2. The molecule has 1 aromatic carbocycles. The van der Waals surface area contributed by atoms with Gasteiger partial charge in [0, 0.05) is 18.9 Å². The van der Waals surface area contributed by atoms with E-state index in [1.165, 1.54) is 0 Å². The normalized spacial score (nSPS) is 10.1. The third-order valence-corrected chi connectivity index (χ3v) is 2.44. The molecule has 1 aromatic heterocycles. The van der Waals surface area contributed by atoms with Gasteiger partial charge in [0.1, 0.15) is 6.61 Å². The second-order valence-corrected chi connectivity index (χ2v) is 3.64. The molecular weight excluding hydrogens is 230 g/mol. The van der Waals surface area contributed by atoms with E-state index in [0.29, 0.717) is 30.5 Å². The fourth-order valence-electron chi connectivity index (χ4n) is 1.51. The molecule has 0 bridgehead atoms. The maximum Gasteiger partial charge on any atom is 0.166 e. The van der Waals surface area contributed by atoms with Gasteiger partial charge in [-0.1, -0.05) is 6.07 Å². The van der Waals surface area contributed by atoms with Crippen LogP contribution in [0, 0.1) is 0 Å². The molecule has 0 aliphatic carbocycles. The molecule has 2 rings (SSSR count). The van der Waals surface area contributed by atoms with Gasteiger partial charge < -0.3 is 15.2 Å². The first kappa shape index (κ1) is 12.3. The molecule has 1 heterocycles. The molecule has 2 aromatic rings. The Kier molecular flexibility index (Phi) is 4.09. The fraction of sp³-hybridized carbons (Fsp3) is 0.231. The third-order valence-electron chi connectivity index (χ3n) is 2.44. The van der Waals surface area contributed by atoms with E-state index < -0.39 is 0 Å². The zero-order chi connectivity index (χ0) is 12.8. The molecule has 18 heavy (non-hydrogen) atoms. The zero-order valence-corrected chi connectivity index (χ0v) is 10.2. The molecule has 0 spiro atoms. The van der Waals surface area contributed by atoms with Crippen LogP contribution in [0.2, 0.25) is 0 Å². The number of nitrogens with zero attached hydrogens (tertiary/aromatic N) is 2. The predicted octanol–water partition coefficient (Wildman–Crippen LogP) is 1.52. The van der Waals surface area contributed by atoms with Crippen LogP contribution >= 0.6 is 0 Å². The molecule has 0 fully saturated rings. The van der Waals surface area contributed by atoms with Gasteiger partial charge in [-0.05, 0) is 23.8 Å². The summed E-state index contributed by atoms with van der Waals surface area (Å²) < 4.78 is 10.9. The summed E-state index contributed by atoms with van der Waals surface area (Å²) in [7, 11) is 1.60. The lowest BCUT2D eigenvalue weighted by Gasteiger charge is -2.11. The molecule has 0 radical (unpaired) electrons. The van der Waals surface area contributed by atoms with Crippen molar-refractivity contribution in [2.75, 3.05) is 7.11 Å². The van der Waals surface area contributed by atoms with Crippen molar-refractivity contribution in [3.8, 4) is 11.5 Å². The molecule has 0 saturated heterocycles. The van der Waals surface area contributed by atoms with Crippen molar-refractivity contribution < 1.29 is 9.47 Å². The minimum Gasteiger partial charge on any atom is -0.493 e. The van der Waals surface area contributed by atoms with Gasteiger partial charge >= 0.3 is 0 Å². The van der Waals surface area contributed by atoms with Crippen LogP contribution in [-0.4, -0.2) is 17.1 Å². The molecule has 0 atom stereocenters. The van der Waals surface area contributed by atoms with Crippen molar-refractivity contribution in [1.29, 1.82) is 0 Å². The van der Waals surface area contributed by atoms with Gasteiger partial charge in [-0.15, -0.1) is 0 Å². The van der Waals surface area contributed by atoms with Gasteiger partial charge in [0.05, 0.1) is 7.11 Å². The monoisotopic (exact) mass is 245 g/mol. The van der Waals surface area contributed by atoms with Crippen molar-refractivity contribution >= 4 is 0 Å². The number of rotatable bonds is 5. The van der Waals surface area contributed by atoms with Crippen molar-refractivity contribution in [3.05, 3.63) is 48.0 Å². The Hall–Kier alpha value is -2.14. The minimum atomic E-state index is 0.297. The summed E-state index contributed by atoms with van der Waals surface area (Å²) in [6.07, 6.45) is 3.36. The standard InChI is InChI=1S/C13H15N3O2/c1-17-11-4-3-10(8-14)7-12(11)18-9-13-15-5-2-6-16-13/h2-7H,8-9,14H2,1H3. The van der Waals surface area contributed by atoms with Crippen LogP contribution in [-0.2, 0) is 13.2 Å². The van der Waals surface area contributed by atoms with E-state index >= 15 is 0 Å². The summed E-state index contributed by atoms with van der Waals surface area (Å²) in [4.78, 5) is 8.18. The van der Waals surface area contributed by atoms with E-state index in [0.717, 1.165) is 5.56 Å². The quantitative estimate of drug-likeness (QED) is 0.864. The van der Waals surface area contributed by atoms with Crippen molar-refractivity contribution in [2.24, 2.45) is 5.73 Å². The fourth-order valence-corrected chi connectivity index (χ4v) is 1.51. The largest absolute Gasteiger partial charge is 0.493 e. The maximum absolute atomic E-state index is 5.65. The predicted molar refractivity (Wildman–Crippen MR) is 67.2 cm³/mol. The lowest BCUT2D eigenvalue weighted by Crippen LogP contribution is -2.03.